The van der Waals surface area contributed by atoms with E-state index in [0.717, 1.165) is 16.7 Å². The largest absolute Gasteiger partial charge is 0.343 e. The van der Waals surface area contributed by atoms with Gasteiger partial charge in [-0.15, -0.1) is 0 Å². The number of aromatic nitrogens is 2. The lowest BCUT2D eigenvalue weighted by Gasteiger charge is -2.30. The molecule has 1 atom stereocenters. The molecule has 7 nitrogen and oxygen atoms in total. The molecule has 192 valence electrons. The number of allylic oxidation sites excluding steroid dienone is 1. The summed E-state index contributed by atoms with van der Waals surface area (Å²) in [5, 5.41) is 13.7. The molecule has 0 aliphatic carbocycles. The number of rotatable bonds is 5. The van der Waals surface area contributed by atoms with E-state index in [1.165, 1.54) is 18.3 Å². The van der Waals surface area contributed by atoms with Crippen LogP contribution < -0.4 is 16.0 Å². The number of nitrogens with zero attached hydrogens (tertiary/aromatic N) is 2. The third kappa shape index (κ3) is 4.80. The molecule has 3 N–H and O–H groups in total. The summed E-state index contributed by atoms with van der Waals surface area (Å²) in [6.45, 7) is 7.66. The van der Waals surface area contributed by atoms with Crippen LogP contribution in [0.2, 0.25) is 0 Å². The Morgan fingerprint density at radius 1 is 0.895 bits per heavy atom. The van der Waals surface area contributed by atoms with Gasteiger partial charge < -0.3 is 16.0 Å². The van der Waals surface area contributed by atoms with E-state index >= 15 is 0 Å². The second-order valence-corrected chi connectivity index (χ2v) is 9.57. The summed E-state index contributed by atoms with van der Waals surface area (Å²) in [6, 6.07) is 18.6. The van der Waals surface area contributed by atoms with Gasteiger partial charge in [-0.05, 0) is 74.7 Å². The van der Waals surface area contributed by atoms with Gasteiger partial charge in [0.2, 0.25) is 0 Å². The van der Waals surface area contributed by atoms with Crippen LogP contribution >= 0.6 is 0 Å². The molecule has 3 aromatic carbocycles. The van der Waals surface area contributed by atoms with Crippen molar-refractivity contribution >= 4 is 29.0 Å². The summed E-state index contributed by atoms with van der Waals surface area (Å²) in [4.78, 5) is 26.9. The lowest BCUT2D eigenvalue weighted by molar-refractivity contribution is -0.113. The first-order chi connectivity index (χ1) is 18.2. The molecule has 5 rings (SSSR count). The van der Waals surface area contributed by atoms with Crippen molar-refractivity contribution < 1.29 is 14.0 Å². The van der Waals surface area contributed by atoms with Gasteiger partial charge in [0, 0.05) is 17.1 Å². The molecular formula is C30H28FN5O2. The predicted molar refractivity (Wildman–Crippen MR) is 147 cm³/mol. The first kappa shape index (κ1) is 25.0. The summed E-state index contributed by atoms with van der Waals surface area (Å²) >= 11 is 0. The van der Waals surface area contributed by atoms with Gasteiger partial charge in [-0.25, -0.2) is 9.07 Å². The summed E-state index contributed by atoms with van der Waals surface area (Å²) in [5.74, 6) is -0.588. The summed E-state index contributed by atoms with van der Waals surface area (Å²) in [6.07, 6.45) is 1.47. The number of amides is 2. The van der Waals surface area contributed by atoms with Crippen LogP contribution in [0, 0.1) is 26.6 Å². The number of aryl methyl sites for hydroxylation is 3. The maximum Gasteiger partial charge on any atom is 0.261 e. The van der Waals surface area contributed by atoms with Gasteiger partial charge in [0.15, 0.2) is 0 Å². The van der Waals surface area contributed by atoms with E-state index in [1.54, 1.807) is 23.7 Å². The Kier molecular flexibility index (Phi) is 6.55. The third-order valence-electron chi connectivity index (χ3n) is 6.60. The van der Waals surface area contributed by atoms with Gasteiger partial charge >= 0.3 is 0 Å². The molecule has 0 radical (unpaired) electrons. The van der Waals surface area contributed by atoms with Gasteiger partial charge in [-0.3, -0.25) is 9.59 Å². The fraction of sp³-hybridized carbons (Fsp3) is 0.167. The minimum absolute atomic E-state index is 0.316. The number of anilines is 3. The zero-order chi connectivity index (χ0) is 27.0. The van der Waals surface area contributed by atoms with Crippen molar-refractivity contribution in [2.24, 2.45) is 0 Å². The van der Waals surface area contributed by atoms with E-state index < -0.39 is 6.04 Å². The van der Waals surface area contributed by atoms with Gasteiger partial charge in [-0.1, -0.05) is 42.0 Å². The molecule has 1 unspecified atom stereocenters. The Morgan fingerprint density at radius 2 is 1.63 bits per heavy atom. The van der Waals surface area contributed by atoms with E-state index in [4.69, 9.17) is 0 Å². The molecular weight excluding hydrogens is 481 g/mol. The van der Waals surface area contributed by atoms with Crippen molar-refractivity contribution in [2.45, 2.75) is 33.7 Å². The highest BCUT2D eigenvalue weighted by Gasteiger charge is 2.35. The molecule has 1 aromatic heterocycles. The lowest BCUT2D eigenvalue weighted by Crippen LogP contribution is -2.32. The monoisotopic (exact) mass is 509 g/mol. The normalized spacial score (nSPS) is 14.5. The third-order valence-corrected chi connectivity index (χ3v) is 6.60. The molecule has 2 heterocycles. The minimum atomic E-state index is -0.682. The number of carbonyl (C=O) groups is 2. The maximum atomic E-state index is 13.8. The molecule has 38 heavy (non-hydrogen) atoms. The molecule has 1 aliphatic rings. The van der Waals surface area contributed by atoms with E-state index in [9.17, 15) is 14.0 Å². The van der Waals surface area contributed by atoms with Gasteiger partial charge in [0.25, 0.3) is 11.8 Å². The molecule has 1 aliphatic heterocycles. The molecule has 0 spiro atoms. The second-order valence-electron chi connectivity index (χ2n) is 9.57. The Bertz CT molecular complexity index is 1590. The SMILES string of the molecule is CC1=C(C(=O)Nc2ccc(C)cc2C)C(c2ccc(F)cc2)n2ncc(C(=O)Nc3cccc(C)c3)c2N1. The zero-order valence-electron chi connectivity index (χ0n) is 21.6. The van der Waals surface area contributed by atoms with Crippen molar-refractivity contribution in [3.8, 4) is 0 Å². The van der Waals surface area contributed by atoms with Gasteiger partial charge in [0.1, 0.15) is 23.2 Å². The lowest BCUT2D eigenvalue weighted by atomic mass is 9.94. The topological polar surface area (TPSA) is 88.0 Å². The highest BCUT2D eigenvalue weighted by molar-refractivity contribution is 6.09. The zero-order valence-corrected chi connectivity index (χ0v) is 21.6. The van der Waals surface area contributed by atoms with Crippen molar-refractivity contribution in [1.29, 1.82) is 0 Å². The van der Waals surface area contributed by atoms with E-state index in [-0.39, 0.29) is 17.6 Å². The standard InChI is InChI=1S/C30H28FN5O2/c1-17-6-5-7-23(15-17)34-29(37)24-16-32-36-27(21-9-11-22(31)12-10-21)26(20(4)33-28(24)36)30(38)35-25-13-8-18(2)14-19(25)3/h5-16,27,33H,1-4H3,(H,34,37)(H,35,38). The molecule has 0 saturated heterocycles. The maximum absolute atomic E-state index is 13.8. The predicted octanol–water partition coefficient (Wildman–Crippen LogP) is 6.13. The van der Waals surface area contributed by atoms with Crippen molar-refractivity contribution in [3.63, 3.8) is 0 Å². The highest BCUT2D eigenvalue weighted by atomic mass is 19.1. The fourth-order valence-corrected chi connectivity index (χ4v) is 4.73. The second kappa shape index (κ2) is 9.97. The molecule has 8 heteroatoms. The quantitative estimate of drug-likeness (QED) is 0.302. The van der Waals surface area contributed by atoms with Crippen LogP contribution in [0.4, 0.5) is 21.6 Å². The Hall–Kier alpha value is -4.72. The van der Waals surface area contributed by atoms with Crippen LogP contribution in [0.1, 0.15) is 45.6 Å². The molecule has 0 bridgehead atoms. The van der Waals surface area contributed by atoms with E-state index in [1.807, 2.05) is 63.2 Å². The number of fused-ring (bicyclic) bond motifs is 1. The minimum Gasteiger partial charge on any atom is -0.343 e. The molecule has 4 aromatic rings. The number of hydrogen-bond donors (Lipinski definition) is 3. The average molecular weight is 510 g/mol. The Labute approximate surface area is 220 Å². The number of carbonyl (C=O) groups excluding carboxylic acids is 2. The number of nitrogens with one attached hydrogen (secondary N) is 3. The summed E-state index contributed by atoms with van der Waals surface area (Å²) < 4.78 is 15.4. The van der Waals surface area contributed by atoms with Crippen LogP contribution in [0.25, 0.3) is 0 Å². The molecule has 0 saturated carbocycles. The van der Waals surface area contributed by atoms with Crippen molar-refractivity contribution in [2.75, 3.05) is 16.0 Å². The number of benzene rings is 3. The fourth-order valence-electron chi connectivity index (χ4n) is 4.73. The first-order valence-electron chi connectivity index (χ1n) is 12.3. The van der Waals surface area contributed by atoms with E-state index in [2.05, 4.69) is 21.0 Å². The van der Waals surface area contributed by atoms with E-state index in [0.29, 0.717) is 39.6 Å². The molecule has 0 fully saturated rings. The van der Waals surface area contributed by atoms with Crippen molar-refractivity contribution in [3.05, 3.63) is 118 Å². The number of hydrogen-bond acceptors (Lipinski definition) is 4. The Balaban J connectivity index is 1.54. The Morgan fingerprint density at radius 3 is 2.34 bits per heavy atom. The van der Waals surface area contributed by atoms with Gasteiger partial charge in [0.05, 0.1) is 11.8 Å². The first-order valence-corrected chi connectivity index (χ1v) is 12.3. The number of halogens is 1. The van der Waals surface area contributed by atoms with Crippen LogP contribution in [0.3, 0.4) is 0 Å². The van der Waals surface area contributed by atoms with Gasteiger partial charge in [-0.2, -0.15) is 5.10 Å². The summed E-state index contributed by atoms with van der Waals surface area (Å²) in [7, 11) is 0. The van der Waals surface area contributed by atoms with Crippen LogP contribution in [0.15, 0.2) is 84.2 Å². The smallest absolute Gasteiger partial charge is 0.261 e. The van der Waals surface area contributed by atoms with Crippen LogP contribution in [0.5, 0.6) is 0 Å². The summed E-state index contributed by atoms with van der Waals surface area (Å²) in [5.41, 5.74) is 6.39. The van der Waals surface area contributed by atoms with Crippen molar-refractivity contribution in [1.82, 2.24) is 9.78 Å². The highest BCUT2D eigenvalue weighted by Crippen LogP contribution is 2.38. The molecule has 2 amide bonds. The van der Waals surface area contributed by atoms with Crippen LogP contribution in [-0.2, 0) is 4.79 Å². The average Bonchev–Trinajstić information content (AvgIpc) is 3.29. The van der Waals surface area contributed by atoms with Crippen LogP contribution in [-0.4, -0.2) is 21.6 Å².